The zero-order valence-electron chi connectivity index (χ0n) is 9.93. The molecular formula is C13H15NO4. The number of rotatable bonds is 2. The summed E-state index contributed by atoms with van der Waals surface area (Å²) in [6.07, 6.45) is 2.03. The van der Waals surface area contributed by atoms with Crippen molar-refractivity contribution in [3.63, 3.8) is 0 Å². The van der Waals surface area contributed by atoms with Crippen molar-refractivity contribution in [2.45, 2.75) is 18.4 Å². The Morgan fingerprint density at radius 2 is 2.06 bits per heavy atom. The molecule has 2 aliphatic rings. The van der Waals surface area contributed by atoms with Crippen molar-refractivity contribution < 1.29 is 19.7 Å². The Bertz CT molecular complexity index is 496. The number of hydrogen-bond donors (Lipinski definition) is 2. The summed E-state index contributed by atoms with van der Waals surface area (Å²) in [7, 11) is 0. The van der Waals surface area contributed by atoms with E-state index >= 15 is 0 Å². The third kappa shape index (κ3) is 1.40. The highest BCUT2D eigenvalue weighted by molar-refractivity contribution is 5.83. The van der Waals surface area contributed by atoms with Gasteiger partial charge in [-0.05, 0) is 38.1 Å². The fourth-order valence-corrected chi connectivity index (χ4v) is 2.90. The van der Waals surface area contributed by atoms with E-state index in [1.165, 1.54) is 12.1 Å². The number of nitrogens with zero attached hydrogens (tertiary/aromatic N) is 1. The van der Waals surface area contributed by atoms with Crippen LogP contribution in [0.25, 0.3) is 0 Å². The number of carboxylic acids is 1. The number of likely N-dealkylation sites (tertiary alicyclic amines) is 1. The maximum absolute atomic E-state index is 11.8. The lowest BCUT2D eigenvalue weighted by Crippen LogP contribution is -2.52. The lowest BCUT2D eigenvalue weighted by atomic mass is 9.90. The second-order valence-electron chi connectivity index (χ2n) is 4.83. The Morgan fingerprint density at radius 1 is 1.33 bits per heavy atom. The van der Waals surface area contributed by atoms with E-state index < -0.39 is 11.5 Å². The summed E-state index contributed by atoms with van der Waals surface area (Å²) in [5.74, 6) is -0.311. The second-order valence-corrected chi connectivity index (χ2v) is 4.83. The number of hydrogen-bond acceptors (Lipinski definition) is 4. The number of fused-ring (bicyclic) bond motifs is 1. The average Bonchev–Trinajstić information content (AvgIpc) is 2.94. The quantitative estimate of drug-likeness (QED) is 0.823. The first kappa shape index (κ1) is 11.3. The molecule has 0 spiro atoms. The first-order valence-electron chi connectivity index (χ1n) is 6.09. The largest absolute Gasteiger partial charge is 0.508 e. The molecule has 5 nitrogen and oxygen atoms in total. The van der Waals surface area contributed by atoms with Crippen LogP contribution in [0, 0.1) is 0 Å². The van der Waals surface area contributed by atoms with E-state index in [2.05, 4.69) is 0 Å². The van der Waals surface area contributed by atoms with Crippen LogP contribution in [-0.2, 0) is 10.3 Å². The minimum atomic E-state index is -1.08. The average molecular weight is 249 g/mol. The molecule has 2 N–H and O–H groups in total. The van der Waals surface area contributed by atoms with E-state index in [1.54, 1.807) is 6.07 Å². The zero-order valence-corrected chi connectivity index (χ0v) is 9.93. The molecule has 2 heterocycles. The van der Waals surface area contributed by atoms with Crippen molar-refractivity contribution >= 4 is 5.97 Å². The monoisotopic (exact) mass is 249 g/mol. The Morgan fingerprint density at radius 3 is 2.72 bits per heavy atom. The molecule has 1 unspecified atom stereocenters. The number of benzene rings is 1. The maximum atomic E-state index is 11.8. The van der Waals surface area contributed by atoms with Crippen molar-refractivity contribution in [2.24, 2.45) is 0 Å². The lowest BCUT2D eigenvalue weighted by Gasteiger charge is -2.33. The number of carbonyl (C=O) groups is 1. The van der Waals surface area contributed by atoms with E-state index in [1.807, 2.05) is 4.90 Å². The van der Waals surface area contributed by atoms with E-state index in [-0.39, 0.29) is 12.4 Å². The van der Waals surface area contributed by atoms with Crippen LogP contribution in [0.1, 0.15) is 18.4 Å². The summed E-state index contributed by atoms with van der Waals surface area (Å²) in [6.45, 7) is 1.66. The van der Waals surface area contributed by atoms with E-state index in [4.69, 9.17) is 4.74 Å². The lowest BCUT2D eigenvalue weighted by molar-refractivity contribution is -0.152. The number of phenolic OH excluding ortho intramolecular Hbond substituents is 1. The van der Waals surface area contributed by atoms with E-state index in [0.717, 1.165) is 25.9 Å². The van der Waals surface area contributed by atoms with Crippen LogP contribution in [0.2, 0.25) is 0 Å². The molecule has 1 saturated heterocycles. The van der Waals surface area contributed by atoms with Gasteiger partial charge >= 0.3 is 5.97 Å². The Hall–Kier alpha value is -1.75. The molecule has 1 aromatic carbocycles. The topological polar surface area (TPSA) is 70.0 Å². The highest BCUT2D eigenvalue weighted by Crippen LogP contribution is 2.44. The third-order valence-electron chi connectivity index (χ3n) is 3.85. The predicted molar refractivity (Wildman–Crippen MR) is 63.7 cm³/mol. The highest BCUT2D eigenvalue weighted by Gasteiger charge is 2.52. The minimum absolute atomic E-state index is 0.0939. The van der Waals surface area contributed by atoms with Gasteiger partial charge in [0, 0.05) is 11.6 Å². The van der Waals surface area contributed by atoms with E-state index in [0.29, 0.717) is 11.3 Å². The van der Waals surface area contributed by atoms with Crippen LogP contribution < -0.4 is 4.74 Å². The van der Waals surface area contributed by atoms with Gasteiger partial charge in [0.25, 0.3) is 0 Å². The maximum Gasteiger partial charge on any atom is 0.332 e. The van der Waals surface area contributed by atoms with Crippen molar-refractivity contribution in [1.82, 2.24) is 4.90 Å². The predicted octanol–water partition coefficient (Wildman–Crippen LogP) is 1.16. The van der Waals surface area contributed by atoms with Gasteiger partial charge in [-0.3, -0.25) is 4.90 Å². The van der Waals surface area contributed by atoms with Gasteiger partial charge in [0.2, 0.25) is 0 Å². The summed E-state index contributed by atoms with van der Waals surface area (Å²) < 4.78 is 5.49. The van der Waals surface area contributed by atoms with Crippen LogP contribution in [-0.4, -0.2) is 40.8 Å². The molecule has 0 bridgehead atoms. The van der Waals surface area contributed by atoms with Crippen LogP contribution in [0.4, 0.5) is 0 Å². The number of aliphatic carboxylic acids is 1. The zero-order chi connectivity index (χ0) is 12.8. The van der Waals surface area contributed by atoms with Crippen molar-refractivity contribution in [2.75, 3.05) is 19.7 Å². The van der Waals surface area contributed by atoms with Gasteiger partial charge in [-0.1, -0.05) is 0 Å². The van der Waals surface area contributed by atoms with Crippen molar-refractivity contribution in [3.8, 4) is 11.5 Å². The fraction of sp³-hybridized carbons (Fsp3) is 0.462. The number of carboxylic acid groups (broad SMARTS) is 1. The molecule has 18 heavy (non-hydrogen) atoms. The number of aromatic hydroxyl groups is 1. The summed E-state index contributed by atoms with van der Waals surface area (Å²) in [5, 5.41) is 19.1. The molecule has 0 aliphatic carbocycles. The van der Waals surface area contributed by atoms with Gasteiger partial charge in [-0.25, -0.2) is 4.79 Å². The molecule has 1 aromatic rings. The van der Waals surface area contributed by atoms with Crippen LogP contribution in [0.5, 0.6) is 11.5 Å². The van der Waals surface area contributed by atoms with Gasteiger partial charge in [-0.15, -0.1) is 0 Å². The van der Waals surface area contributed by atoms with Gasteiger partial charge in [0.05, 0.1) is 0 Å². The molecule has 0 amide bonds. The van der Waals surface area contributed by atoms with Crippen LogP contribution in [0.15, 0.2) is 18.2 Å². The molecule has 0 radical (unpaired) electrons. The Balaban J connectivity index is 2.11. The van der Waals surface area contributed by atoms with Gasteiger partial charge in [0.15, 0.2) is 5.54 Å². The van der Waals surface area contributed by atoms with Crippen molar-refractivity contribution in [1.29, 1.82) is 0 Å². The molecule has 3 rings (SSSR count). The molecule has 2 aliphatic heterocycles. The highest BCUT2D eigenvalue weighted by atomic mass is 16.5. The Kier molecular flexibility index (Phi) is 2.45. The summed E-state index contributed by atoms with van der Waals surface area (Å²) in [4.78, 5) is 13.7. The minimum Gasteiger partial charge on any atom is -0.508 e. The van der Waals surface area contributed by atoms with E-state index in [9.17, 15) is 15.0 Å². The van der Waals surface area contributed by atoms with Gasteiger partial charge < -0.3 is 14.9 Å². The first-order chi connectivity index (χ1) is 8.64. The molecule has 1 atom stereocenters. The molecule has 1 fully saturated rings. The molecule has 96 valence electrons. The Labute approximate surface area is 105 Å². The summed E-state index contributed by atoms with van der Waals surface area (Å²) >= 11 is 0. The third-order valence-corrected chi connectivity index (χ3v) is 3.85. The molecular weight excluding hydrogens is 234 g/mol. The smallest absolute Gasteiger partial charge is 0.332 e. The normalized spacial score (nSPS) is 26.9. The standard InChI is InChI=1S/C13H15NO4/c15-9-3-4-10-11(7-9)18-8-13(10,12(16)17)14-5-1-2-6-14/h3-4,7,15H,1-2,5-6,8H2,(H,16,17). The summed E-state index contributed by atoms with van der Waals surface area (Å²) in [5.41, 5.74) is -0.436. The molecule has 0 aromatic heterocycles. The summed E-state index contributed by atoms with van der Waals surface area (Å²) in [6, 6.07) is 4.65. The number of ether oxygens (including phenoxy) is 1. The van der Waals surface area contributed by atoms with Crippen LogP contribution >= 0.6 is 0 Å². The molecule has 0 saturated carbocycles. The van der Waals surface area contributed by atoms with Gasteiger partial charge in [0.1, 0.15) is 18.1 Å². The second kappa shape index (κ2) is 3.88. The SMILES string of the molecule is O=C(O)C1(N2CCCC2)COc2cc(O)ccc21. The van der Waals surface area contributed by atoms with Gasteiger partial charge in [-0.2, -0.15) is 0 Å². The molecule has 5 heteroatoms. The van der Waals surface area contributed by atoms with Crippen LogP contribution in [0.3, 0.4) is 0 Å². The number of phenols is 1. The first-order valence-corrected chi connectivity index (χ1v) is 6.09. The van der Waals surface area contributed by atoms with Crippen molar-refractivity contribution in [3.05, 3.63) is 23.8 Å². The fourth-order valence-electron chi connectivity index (χ4n) is 2.90.